The highest BCUT2D eigenvalue weighted by Gasteiger charge is 2.24. The van der Waals surface area contributed by atoms with Crippen LogP contribution in [0.1, 0.15) is 26.3 Å². The summed E-state index contributed by atoms with van der Waals surface area (Å²) in [5, 5.41) is 2.81. The molecular formula is C26H19ClF2N4O3. The summed E-state index contributed by atoms with van der Waals surface area (Å²) in [7, 11) is 0. The molecule has 0 aliphatic carbocycles. The number of benzene rings is 3. The number of hydrogen-bond acceptors (Lipinski definition) is 6. The third-order valence-corrected chi connectivity index (χ3v) is 6.05. The number of carbonyl (C=O) groups is 2. The minimum absolute atomic E-state index is 0.0369. The van der Waals surface area contributed by atoms with E-state index in [1.54, 1.807) is 12.3 Å². The van der Waals surface area contributed by atoms with E-state index in [9.17, 15) is 14.0 Å². The second-order valence-electron chi connectivity index (χ2n) is 8.11. The van der Waals surface area contributed by atoms with Gasteiger partial charge in [0.1, 0.15) is 11.6 Å². The molecule has 182 valence electrons. The lowest BCUT2D eigenvalue weighted by Gasteiger charge is -2.27. The van der Waals surface area contributed by atoms with Crippen LogP contribution in [0.15, 0.2) is 60.8 Å². The molecule has 10 heteroatoms. The predicted octanol–water partition coefficient (Wildman–Crippen LogP) is 4.88. The number of morpholine rings is 1. The predicted molar refractivity (Wildman–Crippen MR) is 132 cm³/mol. The Bertz CT molecular complexity index is 1470. The lowest BCUT2D eigenvalue weighted by Crippen LogP contribution is -2.36. The highest BCUT2D eigenvalue weighted by molar-refractivity contribution is 6.30. The zero-order valence-corrected chi connectivity index (χ0v) is 19.6. The summed E-state index contributed by atoms with van der Waals surface area (Å²) >= 11 is 5.83. The summed E-state index contributed by atoms with van der Waals surface area (Å²) in [5.41, 5.74) is 0.108. The smallest absolute Gasteiger partial charge is 0.255 e. The Kier molecular flexibility index (Phi) is 6.58. The van der Waals surface area contributed by atoms with Gasteiger partial charge in [0, 0.05) is 29.2 Å². The van der Waals surface area contributed by atoms with E-state index in [1.165, 1.54) is 36.4 Å². The SMILES string of the molecule is O=C(Nc1ccc(F)c(C(=O)c2ccc3ncc(N4CCOCC4)nc3c2)c1F)c1ccc(Cl)cc1. The number of nitrogens with zero attached hydrogens (tertiary/aromatic N) is 3. The number of halogens is 3. The molecule has 7 nitrogen and oxygen atoms in total. The van der Waals surface area contributed by atoms with E-state index in [2.05, 4.69) is 15.3 Å². The first-order valence-electron chi connectivity index (χ1n) is 11.1. The normalized spacial score (nSPS) is 13.6. The van der Waals surface area contributed by atoms with Crippen LogP contribution in [0.3, 0.4) is 0 Å². The first-order chi connectivity index (χ1) is 17.4. The van der Waals surface area contributed by atoms with Gasteiger partial charge in [-0.05, 0) is 54.6 Å². The van der Waals surface area contributed by atoms with Crippen molar-refractivity contribution in [1.82, 2.24) is 9.97 Å². The lowest BCUT2D eigenvalue weighted by atomic mass is 10.0. The molecule has 1 aliphatic heterocycles. The van der Waals surface area contributed by atoms with Crippen LogP contribution in [0.2, 0.25) is 5.02 Å². The molecule has 5 rings (SSSR count). The van der Waals surface area contributed by atoms with Crippen LogP contribution in [0.4, 0.5) is 20.3 Å². The summed E-state index contributed by atoms with van der Waals surface area (Å²) in [6.45, 7) is 2.46. The average molecular weight is 509 g/mol. The van der Waals surface area contributed by atoms with Crippen molar-refractivity contribution in [2.24, 2.45) is 0 Å². The summed E-state index contributed by atoms with van der Waals surface area (Å²) in [4.78, 5) is 36.7. The van der Waals surface area contributed by atoms with Gasteiger partial charge in [-0.1, -0.05) is 11.6 Å². The second-order valence-corrected chi connectivity index (χ2v) is 8.54. The third-order valence-electron chi connectivity index (χ3n) is 5.80. The molecule has 1 saturated heterocycles. The first kappa shape index (κ1) is 23.8. The molecule has 3 aromatic carbocycles. The van der Waals surface area contributed by atoms with Gasteiger partial charge in [0.2, 0.25) is 0 Å². The number of rotatable bonds is 5. The van der Waals surface area contributed by atoms with E-state index in [0.717, 1.165) is 12.1 Å². The molecule has 1 amide bonds. The lowest BCUT2D eigenvalue weighted by molar-refractivity contribution is 0.101. The average Bonchev–Trinajstić information content (AvgIpc) is 2.90. The third kappa shape index (κ3) is 4.75. The second kappa shape index (κ2) is 9.96. The van der Waals surface area contributed by atoms with Gasteiger partial charge in [-0.25, -0.2) is 13.8 Å². The fraction of sp³-hybridized carbons (Fsp3) is 0.154. The fourth-order valence-electron chi connectivity index (χ4n) is 3.89. The zero-order valence-electron chi connectivity index (χ0n) is 18.8. The van der Waals surface area contributed by atoms with Crippen molar-refractivity contribution in [2.45, 2.75) is 0 Å². The van der Waals surface area contributed by atoms with Crippen LogP contribution >= 0.6 is 11.6 Å². The van der Waals surface area contributed by atoms with Gasteiger partial charge in [-0.2, -0.15) is 0 Å². The van der Waals surface area contributed by atoms with E-state index < -0.39 is 28.9 Å². The molecule has 0 spiro atoms. The number of ether oxygens (including phenoxy) is 1. The zero-order chi connectivity index (χ0) is 25.2. The van der Waals surface area contributed by atoms with Crippen molar-refractivity contribution in [3.63, 3.8) is 0 Å². The van der Waals surface area contributed by atoms with E-state index in [0.29, 0.717) is 48.2 Å². The van der Waals surface area contributed by atoms with Crippen molar-refractivity contribution in [3.05, 3.63) is 94.1 Å². The highest BCUT2D eigenvalue weighted by atomic mass is 35.5. The van der Waals surface area contributed by atoms with Gasteiger partial charge in [-0.15, -0.1) is 0 Å². The molecule has 2 heterocycles. The van der Waals surface area contributed by atoms with Gasteiger partial charge >= 0.3 is 0 Å². The van der Waals surface area contributed by atoms with Crippen molar-refractivity contribution < 1.29 is 23.1 Å². The minimum atomic E-state index is -1.17. The van der Waals surface area contributed by atoms with Gasteiger partial charge in [0.25, 0.3) is 5.91 Å². The van der Waals surface area contributed by atoms with E-state index in [-0.39, 0.29) is 16.8 Å². The first-order valence-corrected chi connectivity index (χ1v) is 11.5. The summed E-state index contributed by atoms with van der Waals surface area (Å²) in [6.07, 6.45) is 1.64. The molecule has 0 bridgehead atoms. The molecule has 0 saturated carbocycles. The molecule has 0 unspecified atom stereocenters. The number of fused-ring (bicyclic) bond motifs is 1. The van der Waals surface area contributed by atoms with Crippen molar-refractivity contribution >= 4 is 45.8 Å². The Morgan fingerprint density at radius 1 is 0.944 bits per heavy atom. The quantitative estimate of drug-likeness (QED) is 0.387. The van der Waals surface area contributed by atoms with Crippen LogP contribution < -0.4 is 10.2 Å². The molecule has 36 heavy (non-hydrogen) atoms. The molecule has 0 atom stereocenters. The molecule has 1 aromatic heterocycles. The Labute approximate surface area is 209 Å². The molecule has 0 radical (unpaired) electrons. The van der Waals surface area contributed by atoms with Crippen molar-refractivity contribution in [2.75, 3.05) is 36.5 Å². The van der Waals surface area contributed by atoms with E-state index >= 15 is 4.39 Å². The fourth-order valence-corrected chi connectivity index (χ4v) is 4.01. The van der Waals surface area contributed by atoms with Gasteiger partial charge in [0.05, 0.1) is 41.7 Å². The number of hydrogen-bond donors (Lipinski definition) is 1. The number of aromatic nitrogens is 2. The molecule has 1 N–H and O–H groups in total. The monoisotopic (exact) mass is 508 g/mol. The molecular weight excluding hydrogens is 490 g/mol. The van der Waals surface area contributed by atoms with Crippen LogP contribution in [0, 0.1) is 11.6 Å². The molecule has 4 aromatic rings. The summed E-state index contributed by atoms with van der Waals surface area (Å²) in [6, 6.07) is 12.4. The van der Waals surface area contributed by atoms with Crippen molar-refractivity contribution in [3.8, 4) is 0 Å². The Balaban J connectivity index is 1.45. The largest absolute Gasteiger partial charge is 0.378 e. The standard InChI is InChI=1S/C26H19ClF2N4O3/c27-17-4-1-15(2-5-17)26(35)32-20-8-6-18(28)23(24(20)29)25(34)16-3-7-19-21(13-16)31-22(14-30-19)33-9-11-36-12-10-33/h1-8,13-14H,9-12H2,(H,32,35). The van der Waals surface area contributed by atoms with Crippen LogP contribution in [-0.2, 0) is 4.74 Å². The van der Waals surface area contributed by atoms with Crippen LogP contribution in [0.5, 0.6) is 0 Å². The number of amides is 1. The van der Waals surface area contributed by atoms with E-state index in [4.69, 9.17) is 16.3 Å². The van der Waals surface area contributed by atoms with Crippen molar-refractivity contribution in [1.29, 1.82) is 0 Å². The maximum atomic E-state index is 15.3. The highest BCUT2D eigenvalue weighted by Crippen LogP contribution is 2.26. The number of ketones is 1. The topological polar surface area (TPSA) is 84.4 Å². The summed E-state index contributed by atoms with van der Waals surface area (Å²) < 4.78 is 35.3. The Hall–Kier alpha value is -3.95. The molecule has 1 fully saturated rings. The van der Waals surface area contributed by atoms with Gasteiger partial charge in [0.15, 0.2) is 11.6 Å². The van der Waals surface area contributed by atoms with Gasteiger partial charge in [-0.3, -0.25) is 14.6 Å². The Morgan fingerprint density at radius 2 is 1.67 bits per heavy atom. The summed E-state index contributed by atoms with van der Waals surface area (Å²) in [5.74, 6) is -3.11. The maximum Gasteiger partial charge on any atom is 0.255 e. The van der Waals surface area contributed by atoms with E-state index in [1.807, 2.05) is 4.90 Å². The maximum absolute atomic E-state index is 15.3. The number of carbonyl (C=O) groups excluding carboxylic acids is 2. The Morgan fingerprint density at radius 3 is 2.42 bits per heavy atom. The number of anilines is 2. The van der Waals surface area contributed by atoms with Gasteiger partial charge < -0.3 is 15.0 Å². The molecule has 1 aliphatic rings. The number of nitrogens with one attached hydrogen (secondary N) is 1. The van der Waals surface area contributed by atoms with Crippen LogP contribution in [0.25, 0.3) is 11.0 Å². The van der Waals surface area contributed by atoms with Crippen LogP contribution in [-0.4, -0.2) is 48.0 Å². The minimum Gasteiger partial charge on any atom is -0.378 e.